The summed E-state index contributed by atoms with van der Waals surface area (Å²) in [5, 5.41) is 3.54. The lowest BCUT2D eigenvalue weighted by atomic mass is 10.1. The van der Waals surface area contributed by atoms with Gasteiger partial charge in [0.15, 0.2) is 0 Å². The molecule has 4 nitrogen and oxygen atoms in total. The number of benzene rings is 2. The number of nitrogens with two attached hydrogens (primary N) is 2. The number of anilines is 2. The van der Waals surface area contributed by atoms with Crippen LogP contribution in [0.2, 0.25) is 5.02 Å². The Morgan fingerprint density at radius 2 is 1.75 bits per heavy atom. The molecule has 0 heterocycles. The van der Waals surface area contributed by atoms with Crippen molar-refractivity contribution in [3.05, 3.63) is 58.6 Å². The monoisotopic (exact) mass is 289 g/mol. The highest BCUT2D eigenvalue weighted by Gasteiger charge is 2.06. The fraction of sp³-hybridized carbons (Fsp3) is 0.133. The normalized spacial score (nSPS) is 10.2. The van der Waals surface area contributed by atoms with Gasteiger partial charge in [-0.3, -0.25) is 4.79 Å². The van der Waals surface area contributed by atoms with E-state index in [-0.39, 0.29) is 5.91 Å². The lowest BCUT2D eigenvalue weighted by molar-refractivity contribution is 0.0954. The molecule has 1 amide bonds. The van der Waals surface area contributed by atoms with Crippen molar-refractivity contribution in [2.24, 2.45) is 0 Å². The Kier molecular flexibility index (Phi) is 4.48. The average molecular weight is 290 g/mol. The maximum atomic E-state index is 11.9. The van der Waals surface area contributed by atoms with Crippen molar-refractivity contribution in [1.82, 2.24) is 5.32 Å². The van der Waals surface area contributed by atoms with Crippen LogP contribution in [0.25, 0.3) is 0 Å². The van der Waals surface area contributed by atoms with Gasteiger partial charge in [-0.1, -0.05) is 23.7 Å². The zero-order valence-electron chi connectivity index (χ0n) is 10.9. The second kappa shape index (κ2) is 6.30. The Labute approximate surface area is 122 Å². The molecule has 0 fully saturated rings. The molecule has 2 aromatic carbocycles. The van der Waals surface area contributed by atoms with E-state index in [9.17, 15) is 4.79 Å². The van der Waals surface area contributed by atoms with Gasteiger partial charge in [-0.15, -0.1) is 0 Å². The molecule has 0 radical (unpaired) electrons. The van der Waals surface area contributed by atoms with E-state index < -0.39 is 0 Å². The van der Waals surface area contributed by atoms with Crippen LogP contribution in [0.3, 0.4) is 0 Å². The predicted octanol–water partition coefficient (Wildman–Crippen LogP) is 2.48. The van der Waals surface area contributed by atoms with Crippen LogP contribution in [0.15, 0.2) is 42.5 Å². The number of carbonyl (C=O) groups excluding carboxylic acids is 1. The van der Waals surface area contributed by atoms with Crippen molar-refractivity contribution in [3.63, 3.8) is 0 Å². The topological polar surface area (TPSA) is 81.1 Å². The van der Waals surface area contributed by atoms with Crippen LogP contribution >= 0.6 is 11.6 Å². The zero-order valence-corrected chi connectivity index (χ0v) is 11.7. The number of amides is 1. The molecule has 0 unspecified atom stereocenters. The molecule has 2 aromatic rings. The van der Waals surface area contributed by atoms with Crippen LogP contribution < -0.4 is 16.8 Å². The molecule has 0 aromatic heterocycles. The molecule has 2 rings (SSSR count). The fourth-order valence-electron chi connectivity index (χ4n) is 1.79. The third-order valence-corrected chi connectivity index (χ3v) is 3.21. The molecule has 0 saturated carbocycles. The quantitative estimate of drug-likeness (QED) is 0.756. The van der Waals surface area contributed by atoms with Crippen molar-refractivity contribution in [3.8, 4) is 0 Å². The van der Waals surface area contributed by atoms with E-state index in [4.69, 9.17) is 23.1 Å². The van der Waals surface area contributed by atoms with Crippen LogP contribution in [-0.4, -0.2) is 12.5 Å². The average Bonchev–Trinajstić information content (AvgIpc) is 2.44. The molecule has 104 valence electrons. The molecule has 0 aliphatic carbocycles. The van der Waals surface area contributed by atoms with E-state index in [1.807, 2.05) is 24.3 Å². The molecule has 0 saturated heterocycles. The predicted molar refractivity (Wildman–Crippen MR) is 82.8 cm³/mol. The summed E-state index contributed by atoms with van der Waals surface area (Å²) in [7, 11) is 0. The highest BCUT2D eigenvalue weighted by molar-refractivity contribution is 6.30. The first-order chi connectivity index (χ1) is 9.56. The summed E-state index contributed by atoms with van der Waals surface area (Å²) in [5.41, 5.74) is 13.8. The van der Waals surface area contributed by atoms with Crippen molar-refractivity contribution in [2.45, 2.75) is 6.42 Å². The number of nitrogen functional groups attached to an aromatic ring is 2. The van der Waals surface area contributed by atoms with Gasteiger partial charge in [-0.25, -0.2) is 0 Å². The molecule has 5 N–H and O–H groups in total. The van der Waals surface area contributed by atoms with Crippen molar-refractivity contribution in [2.75, 3.05) is 18.0 Å². The van der Waals surface area contributed by atoms with Crippen LogP contribution in [0.1, 0.15) is 15.9 Å². The van der Waals surface area contributed by atoms with Gasteiger partial charge in [0.1, 0.15) is 0 Å². The van der Waals surface area contributed by atoms with Crippen LogP contribution in [0.4, 0.5) is 11.4 Å². The van der Waals surface area contributed by atoms with Crippen LogP contribution in [0, 0.1) is 0 Å². The van der Waals surface area contributed by atoms with Gasteiger partial charge in [0.25, 0.3) is 5.91 Å². The molecule has 0 atom stereocenters. The first-order valence-electron chi connectivity index (χ1n) is 6.24. The second-order valence-corrected chi connectivity index (χ2v) is 4.91. The van der Waals surface area contributed by atoms with Gasteiger partial charge in [0.05, 0.1) is 11.4 Å². The molecule has 0 bridgehead atoms. The van der Waals surface area contributed by atoms with Crippen molar-refractivity contribution in [1.29, 1.82) is 0 Å². The lowest BCUT2D eigenvalue weighted by Crippen LogP contribution is -2.25. The minimum Gasteiger partial charge on any atom is -0.397 e. The van der Waals surface area contributed by atoms with E-state index in [0.717, 1.165) is 12.0 Å². The molecule has 0 spiro atoms. The summed E-state index contributed by atoms with van der Waals surface area (Å²) in [6.45, 7) is 0.546. The Morgan fingerprint density at radius 3 is 2.40 bits per heavy atom. The summed E-state index contributed by atoms with van der Waals surface area (Å²) in [5.74, 6) is -0.161. The molecule has 0 aliphatic heterocycles. The highest BCUT2D eigenvalue weighted by atomic mass is 35.5. The minimum absolute atomic E-state index is 0.161. The third-order valence-electron chi connectivity index (χ3n) is 2.96. The van der Waals surface area contributed by atoms with Gasteiger partial charge >= 0.3 is 0 Å². The first-order valence-corrected chi connectivity index (χ1v) is 6.61. The number of halogens is 1. The van der Waals surface area contributed by atoms with Crippen molar-refractivity contribution >= 4 is 28.9 Å². The Bertz CT molecular complexity index is 611. The van der Waals surface area contributed by atoms with Crippen LogP contribution in [-0.2, 0) is 6.42 Å². The highest BCUT2D eigenvalue weighted by Crippen LogP contribution is 2.15. The number of hydrogen-bond donors (Lipinski definition) is 3. The number of nitrogens with one attached hydrogen (secondary N) is 1. The number of carbonyl (C=O) groups is 1. The van der Waals surface area contributed by atoms with Crippen LogP contribution in [0.5, 0.6) is 0 Å². The van der Waals surface area contributed by atoms with E-state index in [2.05, 4.69) is 5.32 Å². The smallest absolute Gasteiger partial charge is 0.251 e. The molecule has 0 aliphatic rings. The second-order valence-electron chi connectivity index (χ2n) is 4.48. The molecule has 20 heavy (non-hydrogen) atoms. The van der Waals surface area contributed by atoms with Crippen molar-refractivity contribution < 1.29 is 4.79 Å². The Balaban J connectivity index is 1.88. The van der Waals surface area contributed by atoms with E-state index >= 15 is 0 Å². The summed E-state index contributed by atoms with van der Waals surface area (Å²) in [4.78, 5) is 11.9. The van der Waals surface area contributed by atoms with E-state index in [1.165, 1.54) is 0 Å². The molecular formula is C15H16ClN3O. The van der Waals surface area contributed by atoms with Gasteiger partial charge in [0, 0.05) is 17.1 Å². The lowest BCUT2D eigenvalue weighted by Gasteiger charge is -2.07. The maximum absolute atomic E-state index is 11.9. The zero-order chi connectivity index (χ0) is 14.5. The molecular weight excluding hydrogens is 274 g/mol. The Morgan fingerprint density at radius 1 is 1.05 bits per heavy atom. The van der Waals surface area contributed by atoms with Gasteiger partial charge in [-0.2, -0.15) is 0 Å². The minimum atomic E-state index is -0.161. The summed E-state index contributed by atoms with van der Waals surface area (Å²) in [6.07, 6.45) is 0.743. The number of hydrogen-bond acceptors (Lipinski definition) is 3. The SMILES string of the molecule is Nc1ccc(C(=O)NCCc2ccc(Cl)cc2)cc1N. The number of rotatable bonds is 4. The van der Waals surface area contributed by atoms with E-state index in [1.54, 1.807) is 18.2 Å². The van der Waals surface area contributed by atoms with Gasteiger partial charge in [0.2, 0.25) is 0 Å². The van der Waals surface area contributed by atoms with Gasteiger partial charge in [-0.05, 0) is 42.3 Å². The first kappa shape index (κ1) is 14.2. The standard InChI is InChI=1S/C15H16ClN3O/c16-12-4-1-10(2-5-12)7-8-19-15(20)11-3-6-13(17)14(18)9-11/h1-6,9H,7-8,17-18H2,(H,19,20). The maximum Gasteiger partial charge on any atom is 0.251 e. The van der Waals surface area contributed by atoms with Gasteiger partial charge < -0.3 is 16.8 Å². The molecule has 5 heteroatoms. The summed E-state index contributed by atoms with van der Waals surface area (Å²) in [6, 6.07) is 12.4. The Hall–Kier alpha value is -2.20. The summed E-state index contributed by atoms with van der Waals surface area (Å²) >= 11 is 5.81. The fourth-order valence-corrected chi connectivity index (χ4v) is 1.92. The largest absolute Gasteiger partial charge is 0.397 e. The summed E-state index contributed by atoms with van der Waals surface area (Å²) < 4.78 is 0. The third kappa shape index (κ3) is 3.65. The van der Waals surface area contributed by atoms with E-state index in [0.29, 0.717) is 28.5 Å².